The molecule has 1 rings (SSSR count). The average Bonchev–Trinajstić information content (AvgIpc) is 2.37. The first kappa shape index (κ1) is 15.9. The van der Waals surface area contributed by atoms with E-state index >= 15 is 0 Å². The highest BCUT2D eigenvalue weighted by molar-refractivity contribution is 5.83. The Kier molecular flexibility index (Phi) is 5.48. The van der Waals surface area contributed by atoms with Crippen LogP contribution in [0.5, 0.6) is 0 Å². The number of amides is 2. The molecule has 2 amide bonds. The molecule has 0 bridgehead atoms. The normalized spacial score (nSPS) is 22.1. The molecule has 2 atom stereocenters. The summed E-state index contributed by atoms with van der Waals surface area (Å²) < 4.78 is 0. The van der Waals surface area contributed by atoms with Gasteiger partial charge in [-0.3, -0.25) is 19.2 Å². The van der Waals surface area contributed by atoms with Crippen molar-refractivity contribution in [2.24, 2.45) is 11.8 Å². The summed E-state index contributed by atoms with van der Waals surface area (Å²) in [5.74, 6) is -4.95. The molecule has 0 aromatic rings. The Hall–Kier alpha value is -2.12. The maximum Gasteiger partial charge on any atom is 0.309 e. The number of carboxylic acids is 2. The van der Waals surface area contributed by atoms with Gasteiger partial charge < -0.3 is 20.4 Å². The maximum atomic E-state index is 11.9. The quantitative estimate of drug-likeness (QED) is 0.604. The molecule has 0 aliphatic carbocycles. The third-order valence-electron chi connectivity index (χ3n) is 3.31. The molecule has 112 valence electrons. The number of nitrogens with one attached hydrogen (secondary N) is 1. The molecule has 1 aliphatic rings. The van der Waals surface area contributed by atoms with Crippen molar-refractivity contribution < 1.29 is 29.4 Å². The zero-order chi connectivity index (χ0) is 15.3. The van der Waals surface area contributed by atoms with Gasteiger partial charge in [0.25, 0.3) is 0 Å². The number of carbonyl (C=O) groups excluding carboxylic acids is 2. The van der Waals surface area contributed by atoms with E-state index in [1.807, 2.05) is 0 Å². The SMILES string of the molecule is CC(=O)NCCC(=O)N1CCC(C(=O)O)C(C(=O)O)C1. The van der Waals surface area contributed by atoms with E-state index in [4.69, 9.17) is 10.2 Å². The lowest BCUT2D eigenvalue weighted by atomic mass is 9.85. The van der Waals surface area contributed by atoms with Crippen LogP contribution in [0.15, 0.2) is 0 Å². The molecule has 1 aliphatic heterocycles. The molecule has 0 spiro atoms. The Morgan fingerprint density at radius 2 is 1.75 bits per heavy atom. The Morgan fingerprint density at radius 3 is 2.25 bits per heavy atom. The van der Waals surface area contributed by atoms with E-state index in [2.05, 4.69) is 5.32 Å². The second-order valence-electron chi connectivity index (χ2n) is 4.75. The van der Waals surface area contributed by atoms with Gasteiger partial charge in [-0.1, -0.05) is 0 Å². The summed E-state index contributed by atoms with van der Waals surface area (Å²) in [7, 11) is 0. The number of aliphatic carboxylic acids is 2. The molecule has 1 fully saturated rings. The van der Waals surface area contributed by atoms with Crippen molar-refractivity contribution in [3.8, 4) is 0 Å². The van der Waals surface area contributed by atoms with Gasteiger partial charge in [0, 0.05) is 33.0 Å². The van der Waals surface area contributed by atoms with Gasteiger partial charge in [0.05, 0.1) is 11.8 Å². The first-order chi connectivity index (χ1) is 9.32. The zero-order valence-corrected chi connectivity index (χ0v) is 11.2. The fourth-order valence-corrected chi connectivity index (χ4v) is 2.23. The highest BCUT2D eigenvalue weighted by atomic mass is 16.4. The Bertz CT molecular complexity index is 422. The lowest BCUT2D eigenvalue weighted by Gasteiger charge is -2.34. The van der Waals surface area contributed by atoms with E-state index in [0.29, 0.717) is 0 Å². The van der Waals surface area contributed by atoms with Crippen molar-refractivity contribution >= 4 is 23.8 Å². The van der Waals surface area contributed by atoms with Gasteiger partial charge in [-0.2, -0.15) is 0 Å². The summed E-state index contributed by atoms with van der Waals surface area (Å²) in [6, 6.07) is 0. The molecular formula is C12H18N2O6. The molecule has 0 radical (unpaired) electrons. The van der Waals surface area contributed by atoms with Crippen molar-refractivity contribution in [3.63, 3.8) is 0 Å². The highest BCUT2D eigenvalue weighted by Crippen LogP contribution is 2.24. The maximum absolute atomic E-state index is 11.9. The van der Waals surface area contributed by atoms with Crippen LogP contribution in [0.25, 0.3) is 0 Å². The molecule has 20 heavy (non-hydrogen) atoms. The Labute approximate surface area is 115 Å². The standard InChI is InChI=1S/C12H18N2O6/c1-7(15)13-4-2-10(16)14-5-3-8(11(17)18)9(6-14)12(19)20/h8-9H,2-6H2,1H3,(H,13,15)(H,17,18)(H,19,20). The van der Waals surface area contributed by atoms with Crippen molar-refractivity contribution in [1.82, 2.24) is 10.2 Å². The topological polar surface area (TPSA) is 124 Å². The van der Waals surface area contributed by atoms with Crippen LogP contribution in [0.4, 0.5) is 0 Å². The van der Waals surface area contributed by atoms with Gasteiger partial charge in [-0.05, 0) is 6.42 Å². The first-order valence-electron chi connectivity index (χ1n) is 6.30. The van der Waals surface area contributed by atoms with E-state index in [1.165, 1.54) is 11.8 Å². The number of rotatable bonds is 5. The number of hydrogen-bond donors (Lipinski definition) is 3. The van der Waals surface area contributed by atoms with E-state index in [1.54, 1.807) is 0 Å². The molecule has 3 N–H and O–H groups in total. The first-order valence-corrected chi connectivity index (χ1v) is 6.30. The molecule has 0 saturated carbocycles. The number of likely N-dealkylation sites (tertiary alicyclic amines) is 1. The van der Waals surface area contributed by atoms with Crippen molar-refractivity contribution in [2.75, 3.05) is 19.6 Å². The van der Waals surface area contributed by atoms with Gasteiger partial charge in [-0.15, -0.1) is 0 Å². The van der Waals surface area contributed by atoms with E-state index in [-0.39, 0.29) is 44.3 Å². The molecule has 2 unspecified atom stereocenters. The van der Waals surface area contributed by atoms with Crippen LogP contribution < -0.4 is 5.32 Å². The summed E-state index contributed by atoms with van der Waals surface area (Å²) in [6.07, 6.45) is 0.196. The van der Waals surface area contributed by atoms with Crippen LogP contribution in [0, 0.1) is 11.8 Å². The van der Waals surface area contributed by atoms with Crippen LogP contribution >= 0.6 is 0 Å². The molecule has 8 heteroatoms. The van der Waals surface area contributed by atoms with Crippen molar-refractivity contribution in [1.29, 1.82) is 0 Å². The number of carbonyl (C=O) groups is 4. The van der Waals surface area contributed by atoms with Gasteiger partial charge in [0.15, 0.2) is 0 Å². The van der Waals surface area contributed by atoms with Crippen LogP contribution in [-0.4, -0.2) is 58.5 Å². The highest BCUT2D eigenvalue weighted by Gasteiger charge is 2.39. The lowest BCUT2D eigenvalue weighted by molar-refractivity contribution is -0.159. The molecule has 0 aromatic carbocycles. The van der Waals surface area contributed by atoms with Gasteiger partial charge in [-0.25, -0.2) is 0 Å². The van der Waals surface area contributed by atoms with Crippen molar-refractivity contribution in [2.45, 2.75) is 19.8 Å². The Balaban J connectivity index is 2.57. The van der Waals surface area contributed by atoms with E-state index in [9.17, 15) is 19.2 Å². The van der Waals surface area contributed by atoms with Crippen LogP contribution in [0.2, 0.25) is 0 Å². The van der Waals surface area contributed by atoms with Gasteiger partial charge >= 0.3 is 11.9 Å². The van der Waals surface area contributed by atoms with Gasteiger partial charge in [0.2, 0.25) is 11.8 Å². The minimum absolute atomic E-state index is 0.0731. The predicted molar refractivity (Wildman–Crippen MR) is 66.7 cm³/mol. The molecule has 8 nitrogen and oxygen atoms in total. The monoisotopic (exact) mass is 286 g/mol. The second kappa shape index (κ2) is 6.88. The lowest BCUT2D eigenvalue weighted by Crippen LogP contribution is -2.49. The number of nitrogens with zero attached hydrogens (tertiary/aromatic N) is 1. The fourth-order valence-electron chi connectivity index (χ4n) is 2.23. The van der Waals surface area contributed by atoms with E-state index in [0.717, 1.165) is 0 Å². The molecule has 1 saturated heterocycles. The average molecular weight is 286 g/mol. The molecular weight excluding hydrogens is 268 g/mol. The van der Waals surface area contributed by atoms with Crippen LogP contribution in [0.3, 0.4) is 0 Å². The number of piperidine rings is 1. The molecule has 0 aromatic heterocycles. The zero-order valence-electron chi connectivity index (χ0n) is 11.2. The summed E-state index contributed by atoms with van der Waals surface area (Å²) in [6.45, 7) is 1.64. The second-order valence-corrected chi connectivity index (χ2v) is 4.75. The van der Waals surface area contributed by atoms with E-state index < -0.39 is 23.8 Å². The summed E-state index contributed by atoms with van der Waals surface area (Å²) >= 11 is 0. The summed E-state index contributed by atoms with van der Waals surface area (Å²) in [4.78, 5) is 45.9. The summed E-state index contributed by atoms with van der Waals surface area (Å²) in [5.41, 5.74) is 0. The Morgan fingerprint density at radius 1 is 1.15 bits per heavy atom. The third-order valence-corrected chi connectivity index (χ3v) is 3.31. The number of carboxylic acid groups (broad SMARTS) is 2. The smallest absolute Gasteiger partial charge is 0.309 e. The fraction of sp³-hybridized carbons (Fsp3) is 0.667. The largest absolute Gasteiger partial charge is 0.481 e. The van der Waals surface area contributed by atoms with Crippen molar-refractivity contribution in [3.05, 3.63) is 0 Å². The third kappa shape index (κ3) is 4.22. The van der Waals surface area contributed by atoms with Crippen LogP contribution in [0.1, 0.15) is 19.8 Å². The minimum Gasteiger partial charge on any atom is -0.481 e. The van der Waals surface area contributed by atoms with Gasteiger partial charge in [0.1, 0.15) is 0 Å². The number of hydrogen-bond acceptors (Lipinski definition) is 4. The predicted octanol–water partition coefficient (Wildman–Crippen LogP) is -0.853. The summed E-state index contributed by atoms with van der Waals surface area (Å²) in [5, 5.41) is 20.5. The minimum atomic E-state index is -1.21. The van der Waals surface area contributed by atoms with Crippen LogP contribution in [-0.2, 0) is 19.2 Å². The molecule has 1 heterocycles.